The van der Waals surface area contributed by atoms with Gasteiger partial charge in [0.1, 0.15) is 16.7 Å². The van der Waals surface area contributed by atoms with E-state index in [9.17, 15) is 14.0 Å². The number of fused-ring (bicyclic) bond motifs is 1. The van der Waals surface area contributed by atoms with Gasteiger partial charge in [-0.25, -0.2) is 9.37 Å². The molecule has 12 heteroatoms. The van der Waals surface area contributed by atoms with Crippen molar-refractivity contribution in [1.82, 2.24) is 9.66 Å². The standard InChI is InChI=1S/C28H24Br2ClFN4O4/c1-3-4-5-23-35-21-11-6-17(29)13-20(21)28(38)36(23)33-14-16-12-22(39-2)27(26(31)25(16)30)40-15-24(37)34-19-9-7-18(32)8-10-19/h6-14H,3-5,15H2,1-2H3,(H,34,37). The quantitative estimate of drug-likeness (QED) is 0.181. The maximum atomic E-state index is 13.4. The summed E-state index contributed by atoms with van der Waals surface area (Å²) < 4.78 is 26.7. The minimum Gasteiger partial charge on any atom is -0.493 e. The van der Waals surface area contributed by atoms with Crippen LogP contribution in [0.2, 0.25) is 5.02 Å². The number of benzene rings is 3. The number of unbranched alkanes of at least 4 members (excludes halogenated alkanes) is 1. The van der Waals surface area contributed by atoms with E-state index in [-0.39, 0.29) is 28.7 Å². The molecule has 1 N–H and O–H groups in total. The van der Waals surface area contributed by atoms with Gasteiger partial charge in [0.05, 0.1) is 24.2 Å². The van der Waals surface area contributed by atoms with E-state index < -0.39 is 11.7 Å². The number of rotatable bonds is 10. The molecule has 0 unspecified atom stereocenters. The number of nitrogens with one attached hydrogen (secondary N) is 1. The van der Waals surface area contributed by atoms with E-state index in [4.69, 9.17) is 21.1 Å². The number of anilines is 1. The van der Waals surface area contributed by atoms with Crippen molar-refractivity contribution in [3.05, 3.63) is 90.1 Å². The highest BCUT2D eigenvalue weighted by Crippen LogP contribution is 2.42. The highest BCUT2D eigenvalue weighted by atomic mass is 79.9. The molecule has 0 radical (unpaired) electrons. The fraction of sp³-hybridized carbons (Fsp3) is 0.214. The van der Waals surface area contributed by atoms with Crippen molar-refractivity contribution < 1.29 is 18.7 Å². The second kappa shape index (κ2) is 13.4. The highest BCUT2D eigenvalue weighted by molar-refractivity contribution is 9.10. The zero-order valence-electron chi connectivity index (χ0n) is 21.5. The van der Waals surface area contributed by atoms with Crippen molar-refractivity contribution >= 4 is 72.2 Å². The fourth-order valence-corrected chi connectivity index (χ4v) is 4.80. The average Bonchev–Trinajstić information content (AvgIpc) is 2.94. The number of hydrogen-bond donors (Lipinski definition) is 1. The Labute approximate surface area is 251 Å². The van der Waals surface area contributed by atoms with Crippen molar-refractivity contribution in [2.24, 2.45) is 5.10 Å². The lowest BCUT2D eigenvalue weighted by molar-refractivity contribution is -0.118. The smallest absolute Gasteiger partial charge is 0.282 e. The summed E-state index contributed by atoms with van der Waals surface area (Å²) in [5.74, 6) is 0.0511. The summed E-state index contributed by atoms with van der Waals surface area (Å²) in [6.07, 6.45) is 3.83. The molecule has 0 saturated heterocycles. The van der Waals surface area contributed by atoms with Gasteiger partial charge in [-0.15, -0.1) is 0 Å². The molecule has 1 aromatic heterocycles. The third kappa shape index (κ3) is 6.89. The molecule has 0 aliphatic rings. The summed E-state index contributed by atoms with van der Waals surface area (Å²) >= 11 is 13.4. The number of carbonyl (C=O) groups is 1. The Morgan fingerprint density at radius 2 is 1.95 bits per heavy atom. The van der Waals surface area contributed by atoms with Gasteiger partial charge in [0.25, 0.3) is 11.5 Å². The molecule has 0 bridgehead atoms. The zero-order chi connectivity index (χ0) is 28.8. The van der Waals surface area contributed by atoms with Crippen molar-refractivity contribution in [2.45, 2.75) is 26.2 Å². The van der Waals surface area contributed by atoms with Crippen LogP contribution in [0.1, 0.15) is 31.2 Å². The molecule has 0 aliphatic heterocycles. The first-order chi connectivity index (χ1) is 19.2. The normalized spacial score (nSPS) is 11.2. The molecule has 1 heterocycles. The molecule has 4 aromatic rings. The first-order valence-electron chi connectivity index (χ1n) is 12.2. The van der Waals surface area contributed by atoms with Crippen LogP contribution >= 0.6 is 43.5 Å². The van der Waals surface area contributed by atoms with Gasteiger partial charge in [-0.1, -0.05) is 40.9 Å². The van der Waals surface area contributed by atoms with E-state index in [1.165, 1.54) is 42.3 Å². The Kier molecular flexibility index (Phi) is 9.94. The number of amides is 1. The molecule has 0 saturated carbocycles. The van der Waals surface area contributed by atoms with Gasteiger partial charge in [0.15, 0.2) is 18.1 Å². The van der Waals surface area contributed by atoms with Crippen molar-refractivity contribution in [3.8, 4) is 11.5 Å². The van der Waals surface area contributed by atoms with Crippen molar-refractivity contribution in [1.29, 1.82) is 0 Å². The topological polar surface area (TPSA) is 94.8 Å². The third-order valence-electron chi connectivity index (χ3n) is 5.79. The molecule has 4 rings (SSSR count). The fourth-order valence-electron chi connectivity index (χ4n) is 3.78. The average molecular weight is 695 g/mol. The van der Waals surface area contributed by atoms with Crippen LogP contribution in [0.25, 0.3) is 10.9 Å². The van der Waals surface area contributed by atoms with Crippen LogP contribution in [-0.2, 0) is 11.2 Å². The Balaban J connectivity index is 1.62. The second-order valence-electron chi connectivity index (χ2n) is 8.62. The van der Waals surface area contributed by atoms with Crippen LogP contribution < -0.4 is 20.3 Å². The number of aryl methyl sites for hydroxylation is 1. The summed E-state index contributed by atoms with van der Waals surface area (Å²) in [6, 6.07) is 12.3. The largest absolute Gasteiger partial charge is 0.493 e. The molecular weight excluding hydrogens is 671 g/mol. The number of aromatic nitrogens is 2. The SMILES string of the molecule is CCCCc1nc2ccc(Br)cc2c(=O)n1N=Cc1cc(OC)c(OCC(=O)Nc2ccc(F)cc2)c(Cl)c1Br. The van der Waals surface area contributed by atoms with Gasteiger partial charge < -0.3 is 14.8 Å². The molecule has 3 aromatic carbocycles. The summed E-state index contributed by atoms with van der Waals surface area (Å²) in [5, 5.41) is 7.66. The summed E-state index contributed by atoms with van der Waals surface area (Å²) in [5.41, 5.74) is 1.23. The molecule has 8 nitrogen and oxygen atoms in total. The molecule has 0 spiro atoms. The Morgan fingerprint density at radius 3 is 2.65 bits per heavy atom. The molecule has 0 aliphatic carbocycles. The minimum atomic E-state index is -0.471. The number of halogens is 4. The number of ether oxygens (including phenoxy) is 2. The Morgan fingerprint density at radius 1 is 1.20 bits per heavy atom. The Bertz CT molecular complexity index is 1640. The molecule has 1 amide bonds. The lowest BCUT2D eigenvalue weighted by Crippen LogP contribution is -2.22. The summed E-state index contributed by atoms with van der Waals surface area (Å²) in [4.78, 5) is 30.4. The van der Waals surface area contributed by atoms with E-state index >= 15 is 0 Å². The second-order valence-corrected chi connectivity index (χ2v) is 10.7. The first-order valence-corrected chi connectivity index (χ1v) is 14.2. The van der Waals surface area contributed by atoms with Gasteiger partial charge in [-0.05, 0) is 70.9 Å². The first kappa shape index (κ1) is 29.7. The van der Waals surface area contributed by atoms with E-state index in [0.717, 1.165) is 17.3 Å². The van der Waals surface area contributed by atoms with Gasteiger partial charge in [0.2, 0.25) is 0 Å². The molecular formula is C28H24Br2ClFN4O4. The minimum absolute atomic E-state index is 0.139. The van der Waals surface area contributed by atoms with Gasteiger partial charge in [-0.2, -0.15) is 9.78 Å². The zero-order valence-corrected chi connectivity index (χ0v) is 25.4. The molecule has 0 fully saturated rings. The van der Waals surface area contributed by atoms with E-state index in [2.05, 4.69) is 54.2 Å². The molecule has 40 heavy (non-hydrogen) atoms. The molecule has 208 valence electrons. The van der Waals surface area contributed by atoms with Crippen molar-refractivity contribution in [3.63, 3.8) is 0 Å². The number of carbonyl (C=O) groups excluding carboxylic acids is 1. The van der Waals surface area contributed by atoms with Crippen LogP contribution in [0, 0.1) is 5.82 Å². The van der Waals surface area contributed by atoms with E-state index in [1.807, 2.05) is 6.07 Å². The van der Waals surface area contributed by atoms with Crippen LogP contribution in [0.15, 0.2) is 67.4 Å². The van der Waals surface area contributed by atoms with E-state index in [0.29, 0.717) is 38.9 Å². The number of hydrogen-bond acceptors (Lipinski definition) is 6. The Hall–Kier alpha value is -3.28. The monoisotopic (exact) mass is 692 g/mol. The summed E-state index contributed by atoms with van der Waals surface area (Å²) in [7, 11) is 1.43. The third-order valence-corrected chi connectivity index (χ3v) is 7.73. The predicted molar refractivity (Wildman–Crippen MR) is 162 cm³/mol. The lowest BCUT2D eigenvalue weighted by atomic mass is 10.2. The van der Waals surface area contributed by atoms with Crippen LogP contribution in [0.4, 0.5) is 10.1 Å². The lowest BCUT2D eigenvalue weighted by Gasteiger charge is -2.15. The number of nitrogens with zero attached hydrogens (tertiary/aromatic N) is 3. The maximum Gasteiger partial charge on any atom is 0.282 e. The number of methoxy groups -OCH3 is 1. The summed E-state index contributed by atoms with van der Waals surface area (Å²) in [6.45, 7) is 1.69. The van der Waals surface area contributed by atoms with Crippen LogP contribution in [0.5, 0.6) is 11.5 Å². The molecule has 0 atom stereocenters. The van der Waals surface area contributed by atoms with Gasteiger partial charge >= 0.3 is 0 Å². The maximum absolute atomic E-state index is 13.4. The van der Waals surface area contributed by atoms with Gasteiger partial charge in [-0.3, -0.25) is 9.59 Å². The predicted octanol–water partition coefficient (Wildman–Crippen LogP) is 6.96. The van der Waals surface area contributed by atoms with Gasteiger partial charge in [0, 0.05) is 26.6 Å². The van der Waals surface area contributed by atoms with Crippen molar-refractivity contribution in [2.75, 3.05) is 19.0 Å². The highest BCUT2D eigenvalue weighted by Gasteiger charge is 2.19. The van der Waals surface area contributed by atoms with Crippen LogP contribution in [-0.4, -0.2) is 35.5 Å². The van der Waals surface area contributed by atoms with Crippen LogP contribution in [0.3, 0.4) is 0 Å². The van der Waals surface area contributed by atoms with E-state index in [1.54, 1.807) is 18.2 Å².